The Morgan fingerprint density at radius 3 is 2.73 bits per heavy atom. The third kappa shape index (κ3) is 2.58. The largest absolute Gasteiger partial charge is 0.311 e. The summed E-state index contributed by atoms with van der Waals surface area (Å²) in [6.45, 7) is 4.55. The van der Waals surface area contributed by atoms with Crippen LogP contribution in [0.15, 0.2) is 30.3 Å². The average Bonchev–Trinajstić information content (AvgIpc) is 2.25. The molecule has 0 radical (unpaired) electrons. The highest BCUT2D eigenvalue weighted by Crippen LogP contribution is 2.13. The fourth-order valence-corrected chi connectivity index (χ4v) is 2.34. The number of hydrogen-bond donors (Lipinski definition) is 1. The lowest BCUT2D eigenvalue weighted by Gasteiger charge is -2.38. The molecule has 1 saturated heterocycles. The van der Waals surface area contributed by atoms with Gasteiger partial charge in [-0.1, -0.05) is 30.3 Å². The summed E-state index contributed by atoms with van der Waals surface area (Å²) in [5, 5.41) is 3.54. The SMILES string of the molecule is CC1NCCN(C)C1Cc1ccccc1. The van der Waals surface area contributed by atoms with Crippen molar-refractivity contribution in [1.29, 1.82) is 0 Å². The first-order valence-electron chi connectivity index (χ1n) is 5.75. The second-order valence-corrected chi connectivity index (χ2v) is 4.48. The Kier molecular flexibility index (Phi) is 3.39. The van der Waals surface area contributed by atoms with E-state index in [4.69, 9.17) is 0 Å². The first-order chi connectivity index (χ1) is 7.27. The number of hydrogen-bond acceptors (Lipinski definition) is 2. The van der Waals surface area contributed by atoms with Crippen LogP contribution >= 0.6 is 0 Å². The van der Waals surface area contributed by atoms with E-state index in [1.807, 2.05) is 0 Å². The van der Waals surface area contributed by atoms with Crippen molar-refractivity contribution in [3.05, 3.63) is 35.9 Å². The maximum Gasteiger partial charge on any atom is 0.0284 e. The van der Waals surface area contributed by atoms with Crippen molar-refractivity contribution in [2.45, 2.75) is 25.4 Å². The van der Waals surface area contributed by atoms with Crippen molar-refractivity contribution in [1.82, 2.24) is 10.2 Å². The van der Waals surface area contributed by atoms with E-state index in [9.17, 15) is 0 Å². The van der Waals surface area contributed by atoms with Gasteiger partial charge in [0.1, 0.15) is 0 Å². The Labute approximate surface area is 92.3 Å². The van der Waals surface area contributed by atoms with Crippen molar-refractivity contribution in [2.24, 2.45) is 0 Å². The van der Waals surface area contributed by atoms with Gasteiger partial charge in [-0.25, -0.2) is 0 Å². The summed E-state index contributed by atoms with van der Waals surface area (Å²) < 4.78 is 0. The Hall–Kier alpha value is -0.860. The number of benzene rings is 1. The fourth-order valence-electron chi connectivity index (χ4n) is 2.34. The van der Waals surface area contributed by atoms with Crippen LogP contribution < -0.4 is 5.32 Å². The molecule has 82 valence electrons. The summed E-state index contributed by atoms with van der Waals surface area (Å²) in [6.07, 6.45) is 1.14. The van der Waals surface area contributed by atoms with Crippen LogP contribution in [0.25, 0.3) is 0 Å². The number of rotatable bonds is 2. The van der Waals surface area contributed by atoms with Crippen molar-refractivity contribution in [2.75, 3.05) is 20.1 Å². The Morgan fingerprint density at radius 1 is 1.33 bits per heavy atom. The zero-order chi connectivity index (χ0) is 10.7. The van der Waals surface area contributed by atoms with Gasteiger partial charge >= 0.3 is 0 Å². The summed E-state index contributed by atoms with van der Waals surface area (Å²) in [6, 6.07) is 12.0. The van der Waals surface area contributed by atoms with Crippen LogP contribution in [-0.2, 0) is 6.42 Å². The molecular formula is C13H20N2. The van der Waals surface area contributed by atoms with E-state index >= 15 is 0 Å². The van der Waals surface area contributed by atoms with Gasteiger partial charge in [0.25, 0.3) is 0 Å². The van der Waals surface area contributed by atoms with Gasteiger partial charge in [0.2, 0.25) is 0 Å². The number of nitrogens with one attached hydrogen (secondary N) is 1. The highest BCUT2D eigenvalue weighted by molar-refractivity contribution is 5.16. The zero-order valence-electron chi connectivity index (χ0n) is 9.61. The van der Waals surface area contributed by atoms with Gasteiger partial charge in [-0.15, -0.1) is 0 Å². The number of nitrogens with zero attached hydrogens (tertiary/aromatic N) is 1. The minimum Gasteiger partial charge on any atom is -0.311 e. The standard InChI is InChI=1S/C13H20N2/c1-11-13(15(2)9-8-14-11)10-12-6-4-3-5-7-12/h3-7,11,13-14H,8-10H2,1-2H3. The molecule has 0 aliphatic carbocycles. The molecule has 1 aliphatic heterocycles. The predicted octanol–water partition coefficient (Wildman–Crippen LogP) is 1.52. The third-order valence-electron chi connectivity index (χ3n) is 3.36. The maximum absolute atomic E-state index is 3.54. The zero-order valence-corrected chi connectivity index (χ0v) is 9.61. The summed E-state index contributed by atoms with van der Waals surface area (Å²) in [4.78, 5) is 2.47. The molecule has 0 bridgehead atoms. The summed E-state index contributed by atoms with van der Waals surface area (Å²) in [5.41, 5.74) is 1.44. The lowest BCUT2D eigenvalue weighted by molar-refractivity contribution is 0.157. The van der Waals surface area contributed by atoms with Gasteiger partial charge in [0, 0.05) is 25.2 Å². The first kappa shape index (κ1) is 10.7. The minimum absolute atomic E-state index is 0.587. The van der Waals surface area contributed by atoms with Crippen LogP contribution in [-0.4, -0.2) is 37.1 Å². The first-order valence-corrected chi connectivity index (χ1v) is 5.75. The highest BCUT2D eigenvalue weighted by Gasteiger charge is 2.25. The van der Waals surface area contributed by atoms with Gasteiger partial charge in [-0.05, 0) is 26.0 Å². The quantitative estimate of drug-likeness (QED) is 0.786. The molecule has 0 saturated carbocycles. The lowest BCUT2D eigenvalue weighted by Crippen LogP contribution is -2.55. The third-order valence-corrected chi connectivity index (χ3v) is 3.36. The molecule has 1 fully saturated rings. The Balaban J connectivity index is 2.03. The molecule has 2 unspecified atom stereocenters. The van der Waals surface area contributed by atoms with Crippen LogP contribution in [0.4, 0.5) is 0 Å². The van der Waals surface area contributed by atoms with Crippen molar-refractivity contribution >= 4 is 0 Å². The Bertz CT molecular complexity index is 287. The lowest BCUT2D eigenvalue weighted by atomic mass is 9.97. The van der Waals surface area contributed by atoms with Crippen molar-refractivity contribution < 1.29 is 0 Å². The Morgan fingerprint density at radius 2 is 2.07 bits per heavy atom. The van der Waals surface area contributed by atoms with Crippen LogP contribution in [0.5, 0.6) is 0 Å². The summed E-state index contributed by atoms with van der Waals surface area (Å²) in [5.74, 6) is 0. The van der Waals surface area contributed by atoms with Crippen molar-refractivity contribution in [3.8, 4) is 0 Å². The molecule has 0 spiro atoms. The van der Waals surface area contributed by atoms with E-state index in [2.05, 4.69) is 54.5 Å². The van der Waals surface area contributed by atoms with E-state index in [0.29, 0.717) is 12.1 Å². The van der Waals surface area contributed by atoms with Crippen LogP contribution in [0.1, 0.15) is 12.5 Å². The molecule has 2 heteroatoms. The molecule has 0 aromatic heterocycles. The van der Waals surface area contributed by atoms with Crippen LogP contribution in [0, 0.1) is 0 Å². The highest BCUT2D eigenvalue weighted by atomic mass is 15.2. The average molecular weight is 204 g/mol. The van der Waals surface area contributed by atoms with Gasteiger partial charge in [-0.3, -0.25) is 0 Å². The van der Waals surface area contributed by atoms with Crippen molar-refractivity contribution in [3.63, 3.8) is 0 Å². The molecular weight excluding hydrogens is 184 g/mol. The molecule has 15 heavy (non-hydrogen) atoms. The maximum atomic E-state index is 3.54. The fraction of sp³-hybridized carbons (Fsp3) is 0.538. The van der Waals surface area contributed by atoms with E-state index in [-0.39, 0.29) is 0 Å². The van der Waals surface area contributed by atoms with E-state index in [1.54, 1.807) is 0 Å². The molecule has 1 aromatic rings. The van der Waals surface area contributed by atoms with Crippen LogP contribution in [0.3, 0.4) is 0 Å². The second-order valence-electron chi connectivity index (χ2n) is 4.48. The predicted molar refractivity (Wildman–Crippen MR) is 64.0 cm³/mol. The smallest absolute Gasteiger partial charge is 0.0284 e. The molecule has 0 amide bonds. The van der Waals surface area contributed by atoms with E-state index in [0.717, 1.165) is 19.5 Å². The molecule has 1 aliphatic rings. The second kappa shape index (κ2) is 4.77. The van der Waals surface area contributed by atoms with Gasteiger partial charge in [0.15, 0.2) is 0 Å². The monoisotopic (exact) mass is 204 g/mol. The van der Waals surface area contributed by atoms with E-state index in [1.165, 1.54) is 5.56 Å². The molecule has 2 rings (SSSR count). The summed E-state index contributed by atoms with van der Waals surface area (Å²) in [7, 11) is 2.23. The van der Waals surface area contributed by atoms with Gasteiger partial charge < -0.3 is 10.2 Å². The topological polar surface area (TPSA) is 15.3 Å². The molecule has 2 nitrogen and oxygen atoms in total. The molecule has 1 N–H and O–H groups in total. The van der Waals surface area contributed by atoms with Crippen LogP contribution in [0.2, 0.25) is 0 Å². The molecule has 1 aromatic carbocycles. The molecule has 2 atom stereocenters. The molecule has 1 heterocycles. The van der Waals surface area contributed by atoms with Gasteiger partial charge in [-0.2, -0.15) is 0 Å². The minimum atomic E-state index is 0.587. The number of likely N-dealkylation sites (N-methyl/N-ethyl adjacent to an activating group) is 1. The summed E-state index contributed by atoms with van der Waals surface area (Å²) >= 11 is 0. The van der Waals surface area contributed by atoms with E-state index < -0.39 is 0 Å². The number of piperazine rings is 1. The normalized spacial score (nSPS) is 27.9. The van der Waals surface area contributed by atoms with Gasteiger partial charge in [0.05, 0.1) is 0 Å².